The summed E-state index contributed by atoms with van der Waals surface area (Å²) in [5.41, 5.74) is 0. The molecule has 1 aliphatic heterocycles. The Kier molecular flexibility index (Phi) is 4.35. The lowest BCUT2D eigenvalue weighted by molar-refractivity contribution is -0.135. The Morgan fingerprint density at radius 1 is 1.64 bits per heavy atom. The number of likely N-dealkylation sites (tertiary alicyclic amines) is 1. The molecule has 1 saturated heterocycles. The zero-order valence-corrected chi connectivity index (χ0v) is 8.99. The molecule has 0 bridgehead atoms. The topological polar surface area (TPSA) is 52.6 Å². The number of nitrogens with zero attached hydrogens (tertiary/aromatic N) is 1. The number of aliphatic carboxylic acids is 1. The Bertz CT molecular complexity index is 195. The number of nitrogens with one attached hydrogen (secondary N) is 1. The van der Waals surface area contributed by atoms with E-state index in [1.807, 2.05) is 0 Å². The quantitative estimate of drug-likeness (QED) is 0.674. The maximum absolute atomic E-state index is 10.3. The van der Waals surface area contributed by atoms with Gasteiger partial charge in [0.2, 0.25) is 0 Å². The fourth-order valence-electron chi connectivity index (χ4n) is 1.88. The average molecular weight is 200 g/mol. The van der Waals surface area contributed by atoms with Crippen molar-refractivity contribution in [1.82, 2.24) is 10.2 Å². The second kappa shape index (κ2) is 5.32. The van der Waals surface area contributed by atoms with Gasteiger partial charge in [-0.1, -0.05) is 0 Å². The Morgan fingerprint density at radius 2 is 2.36 bits per heavy atom. The molecule has 0 saturated carbocycles. The summed E-state index contributed by atoms with van der Waals surface area (Å²) in [4.78, 5) is 12.7. The minimum Gasteiger partial charge on any atom is -0.480 e. The van der Waals surface area contributed by atoms with E-state index >= 15 is 0 Å². The van der Waals surface area contributed by atoms with Gasteiger partial charge in [0.15, 0.2) is 0 Å². The minimum absolute atomic E-state index is 0.0815. The second-order valence-electron chi connectivity index (χ2n) is 4.27. The standard InChI is InChI=1S/C10H20N2O2/c1-8(2)12-4-3-9(7-12)5-11-6-10(13)14/h8-9,11H,3-7H2,1-2H3,(H,13,14). The molecule has 1 heterocycles. The van der Waals surface area contributed by atoms with Crippen molar-refractivity contribution in [1.29, 1.82) is 0 Å². The molecule has 1 rings (SSSR count). The summed E-state index contributed by atoms with van der Waals surface area (Å²) in [6.07, 6.45) is 1.19. The van der Waals surface area contributed by atoms with Crippen LogP contribution in [-0.4, -0.2) is 48.2 Å². The van der Waals surface area contributed by atoms with Gasteiger partial charge in [-0.05, 0) is 39.3 Å². The van der Waals surface area contributed by atoms with Crippen LogP contribution in [0.5, 0.6) is 0 Å². The molecule has 1 atom stereocenters. The van der Waals surface area contributed by atoms with Crippen molar-refractivity contribution in [3.8, 4) is 0 Å². The first kappa shape index (κ1) is 11.5. The highest BCUT2D eigenvalue weighted by atomic mass is 16.4. The van der Waals surface area contributed by atoms with Gasteiger partial charge in [0.25, 0.3) is 0 Å². The van der Waals surface area contributed by atoms with Gasteiger partial charge in [-0.25, -0.2) is 0 Å². The van der Waals surface area contributed by atoms with E-state index in [1.165, 1.54) is 6.42 Å². The number of carboxylic acid groups (broad SMARTS) is 1. The molecule has 0 aliphatic carbocycles. The number of rotatable bonds is 5. The van der Waals surface area contributed by atoms with Crippen LogP contribution in [0.1, 0.15) is 20.3 Å². The third-order valence-corrected chi connectivity index (χ3v) is 2.76. The predicted octanol–water partition coefficient (Wildman–Crippen LogP) is 0.391. The first-order chi connectivity index (χ1) is 6.59. The third-order valence-electron chi connectivity index (χ3n) is 2.76. The van der Waals surface area contributed by atoms with Crippen molar-refractivity contribution in [2.75, 3.05) is 26.2 Å². The van der Waals surface area contributed by atoms with Crippen molar-refractivity contribution in [2.24, 2.45) is 5.92 Å². The van der Waals surface area contributed by atoms with Gasteiger partial charge < -0.3 is 15.3 Å². The van der Waals surface area contributed by atoms with E-state index < -0.39 is 5.97 Å². The fourth-order valence-corrected chi connectivity index (χ4v) is 1.88. The predicted molar refractivity (Wildman–Crippen MR) is 55.3 cm³/mol. The summed E-state index contributed by atoms with van der Waals surface area (Å²) in [5, 5.41) is 11.4. The Morgan fingerprint density at radius 3 is 2.86 bits per heavy atom. The molecule has 4 nitrogen and oxygen atoms in total. The lowest BCUT2D eigenvalue weighted by Crippen LogP contribution is -2.32. The fraction of sp³-hybridized carbons (Fsp3) is 0.900. The minimum atomic E-state index is -0.774. The van der Waals surface area contributed by atoms with E-state index in [4.69, 9.17) is 5.11 Å². The van der Waals surface area contributed by atoms with Crippen molar-refractivity contribution in [2.45, 2.75) is 26.3 Å². The highest BCUT2D eigenvalue weighted by Gasteiger charge is 2.23. The van der Waals surface area contributed by atoms with Gasteiger partial charge in [-0.2, -0.15) is 0 Å². The van der Waals surface area contributed by atoms with E-state index in [0.717, 1.165) is 19.6 Å². The van der Waals surface area contributed by atoms with Gasteiger partial charge >= 0.3 is 5.97 Å². The molecular weight excluding hydrogens is 180 g/mol. The Balaban J connectivity index is 2.13. The lowest BCUT2D eigenvalue weighted by atomic mass is 10.1. The first-order valence-electron chi connectivity index (χ1n) is 5.26. The van der Waals surface area contributed by atoms with Crippen molar-refractivity contribution in [3.05, 3.63) is 0 Å². The van der Waals surface area contributed by atoms with Crippen LogP contribution in [0.2, 0.25) is 0 Å². The van der Waals surface area contributed by atoms with Gasteiger partial charge in [0.05, 0.1) is 6.54 Å². The molecule has 0 aromatic heterocycles. The number of carboxylic acids is 1. The Labute approximate surface area is 85.3 Å². The molecule has 0 aromatic carbocycles. The highest BCUT2D eigenvalue weighted by Crippen LogP contribution is 2.17. The van der Waals surface area contributed by atoms with E-state index in [0.29, 0.717) is 12.0 Å². The molecule has 14 heavy (non-hydrogen) atoms. The van der Waals surface area contributed by atoms with Crippen LogP contribution in [-0.2, 0) is 4.79 Å². The smallest absolute Gasteiger partial charge is 0.317 e. The van der Waals surface area contributed by atoms with Gasteiger partial charge in [-0.3, -0.25) is 4.79 Å². The van der Waals surface area contributed by atoms with Crippen LogP contribution in [0.4, 0.5) is 0 Å². The van der Waals surface area contributed by atoms with Crippen molar-refractivity contribution < 1.29 is 9.90 Å². The second-order valence-corrected chi connectivity index (χ2v) is 4.27. The van der Waals surface area contributed by atoms with Crippen LogP contribution >= 0.6 is 0 Å². The maximum Gasteiger partial charge on any atom is 0.317 e. The van der Waals surface area contributed by atoms with E-state index in [2.05, 4.69) is 24.1 Å². The number of hydrogen-bond donors (Lipinski definition) is 2. The first-order valence-corrected chi connectivity index (χ1v) is 5.26. The average Bonchev–Trinajstić information content (AvgIpc) is 2.52. The van der Waals surface area contributed by atoms with Crippen LogP contribution < -0.4 is 5.32 Å². The van der Waals surface area contributed by atoms with Crippen LogP contribution in [0.3, 0.4) is 0 Å². The molecule has 0 amide bonds. The molecule has 1 unspecified atom stereocenters. The van der Waals surface area contributed by atoms with Gasteiger partial charge in [0, 0.05) is 12.6 Å². The number of hydrogen-bond acceptors (Lipinski definition) is 3. The summed E-state index contributed by atoms with van der Waals surface area (Å²) in [6, 6.07) is 0.611. The molecule has 0 aromatic rings. The highest BCUT2D eigenvalue weighted by molar-refractivity contribution is 5.68. The third kappa shape index (κ3) is 3.64. The largest absolute Gasteiger partial charge is 0.480 e. The zero-order valence-electron chi connectivity index (χ0n) is 8.99. The summed E-state index contributed by atoms with van der Waals surface area (Å²) < 4.78 is 0. The molecule has 0 spiro atoms. The molecule has 1 fully saturated rings. The van der Waals surface area contributed by atoms with E-state index in [1.54, 1.807) is 0 Å². The maximum atomic E-state index is 10.3. The lowest BCUT2D eigenvalue weighted by Gasteiger charge is -2.20. The monoisotopic (exact) mass is 200 g/mol. The van der Waals surface area contributed by atoms with Crippen LogP contribution in [0.15, 0.2) is 0 Å². The van der Waals surface area contributed by atoms with Gasteiger partial charge in [0.1, 0.15) is 0 Å². The molecule has 2 N–H and O–H groups in total. The van der Waals surface area contributed by atoms with E-state index in [9.17, 15) is 4.79 Å². The van der Waals surface area contributed by atoms with Crippen molar-refractivity contribution in [3.63, 3.8) is 0 Å². The summed E-state index contributed by atoms with van der Waals surface area (Å²) in [7, 11) is 0. The normalized spacial score (nSPS) is 23.2. The number of carbonyl (C=O) groups is 1. The van der Waals surface area contributed by atoms with Gasteiger partial charge in [-0.15, -0.1) is 0 Å². The Hall–Kier alpha value is -0.610. The molecular formula is C10H20N2O2. The SMILES string of the molecule is CC(C)N1CCC(CNCC(=O)O)C1. The molecule has 0 radical (unpaired) electrons. The van der Waals surface area contributed by atoms with Crippen molar-refractivity contribution >= 4 is 5.97 Å². The van der Waals surface area contributed by atoms with Crippen LogP contribution in [0, 0.1) is 5.92 Å². The van der Waals surface area contributed by atoms with Crippen LogP contribution in [0.25, 0.3) is 0 Å². The molecule has 4 heteroatoms. The summed E-state index contributed by atoms with van der Waals surface area (Å²) in [6.45, 7) is 7.56. The zero-order chi connectivity index (χ0) is 10.6. The molecule has 82 valence electrons. The summed E-state index contributed by atoms with van der Waals surface area (Å²) in [5.74, 6) is -0.152. The van der Waals surface area contributed by atoms with E-state index in [-0.39, 0.29) is 6.54 Å². The summed E-state index contributed by atoms with van der Waals surface area (Å²) >= 11 is 0. The molecule has 1 aliphatic rings.